The number of carbonyl (C=O) groups is 2. The van der Waals surface area contributed by atoms with Gasteiger partial charge < -0.3 is 15.8 Å². The number of benzene rings is 1. The number of amides is 1. The van der Waals surface area contributed by atoms with Gasteiger partial charge in [-0.15, -0.1) is 21.5 Å². The van der Waals surface area contributed by atoms with E-state index < -0.39 is 5.97 Å². The molecule has 12 heteroatoms. The van der Waals surface area contributed by atoms with Crippen LogP contribution >= 0.6 is 57.6 Å². The summed E-state index contributed by atoms with van der Waals surface area (Å²) >= 11 is 15.8. The number of ether oxygens (including phenoxy) is 1. The van der Waals surface area contributed by atoms with Crippen LogP contribution in [0.2, 0.25) is 10.0 Å². The number of rotatable bonds is 7. The number of nitrogens with zero attached hydrogens (tertiary/aromatic N) is 2. The molecule has 2 aromatic heterocycles. The van der Waals surface area contributed by atoms with Gasteiger partial charge in [-0.05, 0) is 25.1 Å². The number of halogens is 2. The first-order valence-corrected chi connectivity index (χ1v) is 11.5. The Hall–Kier alpha value is -1.85. The monoisotopic (exact) mass is 488 g/mol. The van der Waals surface area contributed by atoms with Crippen molar-refractivity contribution >= 4 is 80.3 Å². The minimum Gasteiger partial charge on any atom is -0.462 e. The van der Waals surface area contributed by atoms with E-state index in [0.29, 0.717) is 35.6 Å². The van der Waals surface area contributed by atoms with Gasteiger partial charge in [-0.2, -0.15) is 0 Å². The van der Waals surface area contributed by atoms with Crippen molar-refractivity contribution in [2.75, 3.05) is 23.4 Å². The fourth-order valence-corrected chi connectivity index (χ4v) is 5.30. The number of anilines is 2. The van der Waals surface area contributed by atoms with Crippen molar-refractivity contribution in [1.82, 2.24) is 10.2 Å². The number of esters is 1. The number of carbonyl (C=O) groups excluding carboxylic acids is 2. The van der Waals surface area contributed by atoms with Gasteiger partial charge in [-0.25, -0.2) is 4.79 Å². The maximum atomic E-state index is 12.4. The number of hydrogen-bond donors (Lipinski definition) is 2. The Balaban J connectivity index is 1.82. The zero-order chi connectivity index (χ0) is 21.0. The fraction of sp³-hybridized carbons (Fsp3) is 0.176. The van der Waals surface area contributed by atoms with Crippen LogP contribution < -0.4 is 11.1 Å². The van der Waals surface area contributed by atoms with Crippen molar-refractivity contribution in [3.8, 4) is 10.4 Å². The van der Waals surface area contributed by atoms with Crippen LogP contribution in [0.15, 0.2) is 28.6 Å². The van der Waals surface area contributed by atoms with E-state index >= 15 is 0 Å². The Morgan fingerprint density at radius 1 is 1.24 bits per heavy atom. The van der Waals surface area contributed by atoms with Crippen LogP contribution in [-0.4, -0.2) is 34.4 Å². The minimum absolute atomic E-state index is 0.0871. The summed E-state index contributed by atoms with van der Waals surface area (Å²) in [6.45, 7) is 1.93. The molecule has 3 N–H and O–H groups in total. The second kappa shape index (κ2) is 9.77. The van der Waals surface area contributed by atoms with Gasteiger partial charge in [-0.1, -0.05) is 52.4 Å². The van der Waals surface area contributed by atoms with Gasteiger partial charge in [0.2, 0.25) is 11.0 Å². The molecule has 0 saturated carbocycles. The minimum atomic E-state index is -0.520. The molecule has 0 saturated heterocycles. The SMILES string of the molecule is CCOC(=O)c1sc(-c2ccc(Cl)cc2Cl)cc1NC(=O)CSc1nnc(N)s1. The molecule has 0 fully saturated rings. The molecule has 29 heavy (non-hydrogen) atoms. The molecular weight excluding hydrogens is 475 g/mol. The van der Waals surface area contributed by atoms with E-state index in [0.717, 1.165) is 0 Å². The highest BCUT2D eigenvalue weighted by Crippen LogP contribution is 2.39. The Morgan fingerprint density at radius 2 is 2.03 bits per heavy atom. The van der Waals surface area contributed by atoms with Crippen molar-refractivity contribution in [1.29, 1.82) is 0 Å². The Labute approximate surface area is 188 Å². The quantitative estimate of drug-likeness (QED) is 0.353. The van der Waals surface area contributed by atoms with Crippen molar-refractivity contribution in [2.24, 2.45) is 0 Å². The lowest BCUT2D eigenvalue weighted by atomic mass is 10.2. The number of thioether (sulfide) groups is 1. The molecule has 1 aromatic carbocycles. The number of nitrogens with one attached hydrogen (secondary N) is 1. The van der Waals surface area contributed by atoms with E-state index in [1.165, 1.54) is 34.4 Å². The average molecular weight is 489 g/mol. The van der Waals surface area contributed by atoms with Gasteiger partial charge in [0.15, 0.2) is 4.34 Å². The number of nitrogens with two attached hydrogens (primary N) is 1. The molecule has 0 bridgehead atoms. The van der Waals surface area contributed by atoms with Crippen molar-refractivity contribution in [3.05, 3.63) is 39.2 Å². The van der Waals surface area contributed by atoms with Crippen molar-refractivity contribution in [2.45, 2.75) is 11.3 Å². The predicted molar refractivity (Wildman–Crippen MR) is 119 cm³/mol. The zero-order valence-corrected chi connectivity index (χ0v) is 18.9. The summed E-state index contributed by atoms with van der Waals surface area (Å²) in [5.41, 5.74) is 6.59. The summed E-state index contributed by atoms with van der Waals surface area (Å²) < 4.78 is 5.70. The summed E-state index contributed by atoms with van der Waals surface area (Å²) in [5, 5.41) is 11.6. The van der Waals surface area contributed by atoms with E-state index in [9.17, 15) is 9.59 Å². The highest BCUT2D eigenvalue weighted by atomic mass is 35.5. The first-order chi connectivity index (χ1) is 13.9. The third kappa shape index (κ3) is 5.61. The first kappa shape index (κ1) is 21.8. The smallest absolute Gasteiger partial charge is 0.350 e. The fourth-order valence-electron chi connectivity index (χ4n) is 2.25. The molecule has 0 atom stereocenters. The number of nitrogen functional groups attached to an aromatic ring is 1. The van der Waals surface area contributed by atoms with Gasteiger partial charge in [-0.3, -0.25) is 4.79 Å². The zero-order valence-electron chi connectivity index (χ0n) is 14.9. The van der Waals surface area contributed by atoms with Crippen LogP contribution in [0.25, 0.3) is 10.4 Å². The van der Waals surface area contributed by atoms with E-state index in [-0.39, 0.29) is 23.1 Å². The second-order valence-electron chi connectivity index (χ2n) is 5.44. The molecule has 0 radical (unpaired) electrons. The molecule has 3 rings (SSSR count). The Kier molecular flexibility index (Phi) is 7.36. The van der Waals surface area contributed by atoms with Crippen LogP contribution in [0.1, 0.15) is 16.6 Å². The third-order valence-corrected chi connectivity index (χ3v) is 6.99. The summed E-state index contributed by atoms with van der Waals surface area (Å²) in [4.78, 5) is 25.7. The summed E-state index contributed by atoms with van der Waals surface area (Å²) in [6.07, 6.45) is 0. The summed E-state index contributed by atoms with van der Waals surface area (Å²) in [7, 11) is 0. The molecule has 0 unspecified atom stereocenters. The van der Waals surface area contributed by atoms with Gasteiger partial charge in [0.25, 0.3) is 0 Å². The summed E-state index contributed by atoms with van der Waals surface area (Å²) in [6, 6.07) is 6.77. The molecule has 7 nitrogen and oxygen atoms in total. The molecule has 0 aliphatic carbocycles. The Bertz CT molecular complexity index is 1050. The lowest BCUT2D eigenvalue weighted by molar-refractivity contribution is -0.113. The van der Waals surface area contributed by atoms with E-state index in [1.54, 1.807) is 31.2 Å². The second-order valence-corrected chi connectivity index (χ2v) is 9.57. The lowest BCUT2D eigenvalue weighted by Crippen LogP contribution is -2.16. The standard InChI is InChI=1S/C17H14Cl2N4O3S3/c1-2-26-15(25)14-11(21-13(24)7-27-17-23-22-16(20)29-17)6-12(28-14)9-4-3-8(18)5-10(9)19/h3-6H,2,7H2,1H3,(H2,20,22)(H,21,24). The highest BCUT2D eigenvalue weighted by Gasteiger charge is 2.21. The van der Waals surface area contributed by atoms with Crippen LogP contribution in [0, 0.1) is 0 Å². The van der Waals surface area contributed by atoms with Gasteiger partial charge in [0.05, 0.1) is 23.1 Å². The van der Waals surface area contributed by atoms with E-state index in [2.05, 4.69) is 15.5 Å². The normalized spacial score (nSPS) is 10.7. The molecule has 0 aliphatic heterocycles. The third-order valence-electron chi connectivity index (χ3n) is 3.41. The highest BCUT2D eigenvalue weighted by molar-refractivity contribution is 8.01. The largest absolute Gasteiger partial charge is 0.462 e. The molecule has 152 valence electrons. The number of aromatic nitrogens is 2. The van der Waals surface area contributed by atoms with E-state index in [4.69, 9.17) is 33.7 Å². The van der Waals surface area contributed by atoms with Crippen LogP contribution in [0.5, 0.6) is 0 Å². The molecule has 0 aliphatic rings. The number of hydrogen-bond acceptors (Lipinski definition) is 9. The van der Waals surface area contributed by atoms with Gasteiger partial charge in [0.1, 0.15) is 4.88 Å². The summed E-state index contributed by atoms with van der Waals surface area (Å²) in [5.74, 6) is -0.737. The van der Waals surface area contributed by atoms with Gasteiger partial charge in [0, 0.05) is 15.5 Å². The Morgan fingerprint density at radius 3 is 2.69 bits per heavy atom. The first-order valence-electron chi connectivity index (χ1n) is 8.15. The molecular formula is C17H14Cl2N4O3S3. The van der Waals surface area contributed by atoms with Gasteiger partial charge >= 0.3 is 5.97 Å². The molecule has 0 spiro atoms. The molecule has 2 heterocycles. The van der Waals surface area contributed by atoms with Crippen LogP contribution in [-0.2, 0) is 9.53 Å². The van der Waals surface area contributed by atoms with E-state index in [1.807, 2.05) is 0 Å². The molecule has 3 aromatic rings. The van der Waals surface area contributed by atoms with Crippen molar-refractivity contribution < 1.29 is 14.3 Å². The maximum Gasteiger partial charge on any atom is 0.350 e. The van der Waals surface area contributed by atoms with Crippen molar-refractivity contribution in [3.63, 3.8) is 0 Å². The molecule has 1 amide bonds. The van der Waals surface area contributed by atoms with Crippen LogP contribution in [0.4, 0.5) is 10.8 Å². The average Bonchev–Trinajstić information content (AvgIpc) is 3.26. The maximum absolute atomic E-state index is 12.4. The topological polar surface area (TPSA) is 107 Å². The number of thiophene rings is 1. The lowest BCUT2D eigenvalue weighted by Gasteiger charge is -2.05. The van der Waals surface area contributed by atoms with Crippen LogP contribution in [0.3, 0.4) is 0 Å². The predicted octanol–water partition coefficient (Wildman–Crippen LogP) is 5.06.